The maximum Gasteiger partial charge on any atom is 0.252 e. The lowest BCUT2D eigenvalue weighted by atomic mass is 9.32. The molecular formula is C76H83BN2. The number of fused-ring (bicyclic) bond motifs is 7. The fourth-order valence-electron chi connectivity index (χ4n) is 17.1. The number of benzene rings is 8. The molecular weight excluding hydrogens is 952 g/mol. The summed E-state index contributed by atoms with van der Waals surface area (Å²) in [5, 5.41) is 0. The van der Waals surface area contributed by atoms with Gasteiger partial charge in [-0.2, -0.15) is 0 Å². The van der Waals surface area contributed by atoms with E-state index in [-0.39, 0.29) is 50.5 Å². The lowest BCUT2D eigenvalue weighted by molar-refractivity contribution is 0.332. The van der Waals surface area contributed by atoms with Crippen LogP contribution in [0.4, 0.5) is 34.1 Å². The second kappa shape index (κ2) is 17.2. The summed E-state index contributed by atoms with van der Waals surface area (Å²) in [5.74, 6) is -0.0205. The standard InChI is InChI=1S/C76H83BN2/c1-47-38-55-58(74(11,12)45-73(55,9)10)43-63(47)79-64-44-57-56(70(3,4)36-37-71(57,5)6)42-60(64)77-59-41-53(76(15,16)52-30-24-19-25-31-52)32-34-62(59)78(61-35-33-54-68(48(61)2)75(13,14)46-72(54,7)8)65-39-51(40-66(79)69(65)77)67(49-26-20-17-21-27-49)50-28-22-18-23-29-50/h17-35,38-44,67H,36-37,45-46H2,1-16H3. The molecule has 2 nitrogen and oxygen atoms in total. The zero-order valence-electron chi connectivity index (χ0n) is 50.4. The predicted molar refractivity (Wildman–Crippen MR) is 339 cm³/mol. The van der Waals surface area contributed by atoms with Crippen molar-refractivity contribution in [2.75, 3.05) is 9.80 Å². The molecule has 0 radical (unpaired) electrons. The van der Waals surface area contributed by atoms with Gasteiger partial charge in [0, 0.05) is 45.5 Å². The SMILES string of the molecule is Cc1cc2c(cc1N1c3cc4c(cc3B3c5cc(C(C)(C)c6ccccc6)ccc5N(c5ccc6c(c5C)C(C)(C)CC6(C)C)c5cc(C(c6ccccc6)c6ccccc6)cc1c53)C(C)(C)CCC4(C)C)C(C)(C)CC2(C)C. The number of hydrogen-bond donors (Lipinski definition) is 0. The summed E-state index contributed by atoms with van der Waals surface area (Å²) in [5.41, 5.74) is 30.1. The van der Waals surface area contributed by atoms with Gasteiger partial charge in [-0.15, -0.1) is 0 Å². The Morgan fingerprint density at radius 3 is 1.46 bits per heavy atom. The van der Waals surface area contributed by atoms with Crippen molar-refractivity contribution in [3.8, 4) is 0 Å². The van der Waals surface area contributed by atoms with E-state index in [9.17, 15) is 0 Å². The molecule has 400 valence electrons. The van der Waals surface area contributed by atoms with Crippen LogP contribution in [0.1, 0.15) is 201 Å². The van der Waals surface area contributed by atoms with Crippen molar-refractivity contribution in [1.29, 1.82) is 0 Å². The van der Waals surface area contributed by atoms with E-state index in [1.54, 1.807) is 0 Å². The average molecular weight is 1040 g/mol. The van der Waals surface area contributed by atoms with E-state index in [4.69, 9.17) is 0 Å². The Kier molecular flexibility index (Phi) is 11.3. The topological polar surface area (TPSA) is 6.48 Å². The van der Waals surface area contributed by atoms with Crippen molar-refractivity contribution in [3.63, 3.8) is 0 Å². The Balaban J connectivity index is 1.21. The molecule has 2 heterocycles. The van der Waals surface area contributed by atoms with Crippen LogP contribution in [-0.2, 0) is 37.9 Å². The minimum Gasteiger partial charge on any atom is -0.311 e. The first-order valence-electron chi connectivity index (χ1n) is 29.8. The minimum atomic E-state index is -0.251. The van der Waals surface area contributed by atoms with Crippen molar-refractivity contribution in [2.24, 2.45) is 0 Å². The maximum absolute atomic E-state index is 2.79. The molecule has 0 N–H and O–H groups in total. The molecule has 0 unspecified atom stereocenters. The Hall–Kier alpha value is -6.58. The minimum absolute atomic E-state index is 0.00509. The predicted octanol–water partition coefficient (Wildman–Crippen LogP) is 18.2. The quantitative estimate of drug-likeness (QED) is 0.116. The van der Waals surface area contributed by atoms with Gasteiger partial charge in [0.15, 0.2) is 0 Å². The number of nitrogens with zero attached hydrogens (tertiary/aromatic N) is 2. The highest BCUT2D eigenvalue weighted by Crippen LogP contribution is 2.57. The smallest absolute Gasteiger partial charge is 0.252 e. The molecule has 79 heavy (non-hydrogen) atoms. The van der Waals surface area contributed by atoms with Gasteiger partial charge in [0.25, 0.3) is 6.71 Å². The van der Waals surface area contributed by atoms with E-state index in [0.717, 1.165) is 25.7 Å². The van der Waals surface area contributed by atoms with Gasteiger partial charge in [0.1, 0.15) is 0 Å². The lowest BCUT2D eigenvalue weighted by Crippen LogP contribution is -2.62. The highest BCUT2D eigenvalue weighted by Gasteiger charge is 2.50. The van der Waals surface area contributed by atoms with Gasteiger partial charge in [0.2, 0.25) is 0 Å². The second-order valence-corrected chi connectivity index (χ2v) is 29.5. The van der Waals surface area contributed by atoms with Gasteiger partial charge in [0.05, 0.1) is 0 Å². The van der Waals surface area contributed by atoms with Crippen LogP contribution < -0.4 is 26.2 Å². The third kappa shape index (κ3) is 7.77. The summed E-state index contributed by atoms with van der Waals surface area (Å²) in [6.45, 7) is 39.5. The summed E-state index contributed by atoms with van der Waals surface area (Å²) >= 11 is 0. The first-order valence-corrected chi connectivity index (χ1v) is 29.8. The molecule has 2 aliphatic heterocycles. The zero-order valence-corrected chi connectivity index (χ0v) is 50.4. The van der Waals surface area contributed by atoms with E-state index in [1.165, 1.54) is 123 Å². The van der Waals surface area contributed by atoms with Gasteiger partial charge in [-0.3, -0.25) is 0 Å². The Morgan fingerprint density at radius 2 is 0.861 bits per heavy atom. The Morgan fingerprint density at radius 1 is 0.392 bits per heavy atom. The van der Waals surface area contributed by atoms with Gasteiger partial charge >= 0.3 is 0 Å². The molecule has 0 saturated carbocycles. The van der Waals surface area contributed by atoms with E-state index in [0.29, 0.717) is 0 Å². The summed E-state index contributed by atoms with van der Waals surface area (Å²) in [7, 11) is 0. The molecule has 0 amide bonds. The van der Waals surface area contributed by atoms with Gasteiger partial charge in [-0.05, 0) is 197 Å². The zero-order chi connectivity index (χ0) is 55.7. The number of anilines is 6. The monoisotopic (exact) mass is 1030 g/mol. The summed E-state index contributed by atoms with van der Waals surface area (Å²) < 4.78 is 0. The van der Waals surface area contributed by atoms with E-state index >= 15 is 0 Å². The molecule has 0 fully saturated rings. The second-order valence-electron chi connectivity index (χ2n) is 29.5. The summed E-state index contributed by atoms with van der Waals surface area (Å²) in [6, 6.07) is 62.4. The van der Waals surface area contributed by atoms with Crippen molar-refractivity contribution >= 4 is 57.2 Å². The van der Waals surface area contributed by atoms with E-state index in [1.807, 2.05) is 0 Å². The van der Waals surface area contributed by atoms with Gasteiger partial charge < -0.3 is 9.80 Å². The third-order valence-electron chi connectivity index (χ3n) is 20.8. The molecule has 0 saturated heterocycles. The normalized spacial score (nSPS) is 19.1. The van der Waals surface area contributed by atoms with Crippen LogP contribution in [0.15, 0.2) is 158 Å². The molecule has 5 aliphatic rings. The highest BCUT2D eigenvalue weighted by molar-refractivity contribution is 7.00. The van der Waals surface area contributed by atoms with Crippen LogP contribution in [0, 0.1) is 13.8 Å². The lowest BCUT2D eigenvalue weighted by Gasteiger charge is -2.48. The molecule has 3 heteroatoms. The number of aryl methyl sites for hydroxylation is 1. The fraction of sp³-hybridized carbons (Fsp3) is 0.368. The summed E-state index contributed by atoms with van der Waals surface area (Å²) in [6.07, 6.45) is 4.55. The van der Waals surface area contributed by atoms with Crippen molar-refractivity contribution in [2.45, 2.75) is 180 Å². The first kappa shape index (κ1) is 51.8. The number of rotatable bonds is 7. The molecule has 0 aromatic heterocycles. The van der Waals surface area contributed by atoms with Crippen molar-refractivity contribution in [1.82, 2.24) is 0 Å². The van der Waals surface area contributed by atoms with E-state index in [2.05, 4.69) is 278 Å². The largest absolute Gasteiger partial charge is 0.311 e. The van der Waals surface area contributed by atoms with Crippen molar-refractivity contribution < 1.29 is 0 Å². The molecule has 3 aliphatic carbocycles. The third-order valence-corrected chi connectivity index (χ3v) is 20.8. The number of hydrogen-bond acceptors (Lipinski definition) is 2. The van der Waals surface area contributed by atoms with Crippen molar-refractivity contribution in [3.05, 3.63) is 230 Å². The van der Waals surface area contributed by atoms with Gasteiger partial charge in [-0.1, -0.05) is 218 Å². The van der Waals surface area contributed by atoms with Crippen LogP contribution in [0.25, 0.3) is 0 Å². The molecule has 0 atom stereocenters. The fourth-order valence-corrected chi connectivity index (χ4v) is 17.1. The Bertz CT molecular complexity index is 3750. The molecule has 0 spiro atoms. The average Bonchev–Trinajstić information content (AvgIpc) is 3.73. The first-order chi connectivity index (χ1) is 37.2. The maximum atomic E-state index is 2.79. The molecule has 0 bridgehead atoms. The van der Waals surface area contributed by atoms with Crippen LogP contribution >= 0.6 is 0 Å². The van der Waals surface area contributed by atoms with E-state index < -0.39 is 0 Å². The van der Waals surface area contributed by atoms with Crippen LogP contribution in [-0.4, -0.2) is 6.71 Å². The highest BCUT2D eigenvalue weighted by atomic mass is 15.2. The van der Waals surface area contributed by atoms with Crippen LogP contribution in [0.3, 0.4) is 0 Å². The van der Waals surface area contributed by atoms with Crippen LogP contribution in [0.5, 0.6) is 0 Å². The molecule has 13 rings (SSSR count). The van der Waals surface area contributed by atoms with Gasteiger partial charge in [-0.25, -0.2) is 0 Å². The molecule has 8 aromatic rings. The summed E-state index contributed by atoms with van der Waals surface area (Å²) in [4.78, 5) is 5.53. The molecule has 8 aromatic carbocycles. The van der Waals surface area contributed by atoms with Crippen LogP contribution in [0.2, 0.25) is 0 Å². The Labute approximate surface area is 474 Å².